The fourth-order valence-corrected chi connectivity index (χ4v) is 9.56. The lowest BCUT2D eigenvalue weighted by atomic mass is 10.0. The summed E-state index contributed by atoms with van der Waals surface area (Å²) in [6.45, 7) is 0. The molecule has 59 heavy (non-hydrogen) atoms. The zero-order valence-electron chi connectivity index (χ0n) is 31.7. The van der Waals surface area contributed by atoms with Crippen molar-refractivity contribution in [1.29, 1.82) is 0 Å². The van der Waals surface area contributed by atoms with Crippen LogP contribution >= 0.6 is 0 Å². The summed E-state index contributed by atoms with van der Waals surface area (Å²) < 4.78 is 11.4. The molecule has 13 aromatic rings. The lowest BCUT2D eigenvalue weighted by Crippen LogP contribution is -2.00. The van der Waals surface area contributed by atoms with Crippen LogP contribution in [0.5, 0.6) is 0 Å². The molecule has 0 saturated carbocycles. The van der Waals surface area contributed by atoms with Crippen molar-refractivity contribution in [2.24, 2.45) is 0 Å². The van der Waals surface area contributed by atoms with Gasteiger partial charge in [-0.1, -0.05) is 133 Å². The molecule has 0 fully saturated rings. The molecule has 0 saturated heterocycles. The van der Waals surface area contributed by atoms with Crippen molar-refractivity contribution in [2.45, 2.75) is 0 Å². The highest BCUT2D eigenvalue weighted by atomic mass is 16.3. The summed E-state index contributed by atoms with van der Waals surface area (Å²) >= 11 is 0. The van der Waals surface area contributed by atoms with Gasteiger partial charge in [0, 0.05) is 59.9 Å². The number of fused-ring (bicyclic) bond motifs is 13. The smallest absolute Gasteiger partial charge is 0.160 e. The molecule has 0 radical (unpaired) electrons. The molecule has 13 rings (SSSR count). The number of hydrogen-bond donors (Lipinski definition) is 0. The molecule has 0 aliphatic carbocycles. The fraction of sp³-hybridized carbons (Fsp3) is 0. The van der Waals surface area contributed by atoms with Crippen molar-refractivity contribution in [1.82, 2.24) is 19.1 Å². The Hall–Kier alpha value is -8.02. The maximum atomic E-state index is 6.51. The van der Waals surface area contributed by atoms with E-state index in [4.69, 9.17) is 14.4 Å². The third-order valence-corrected chi connectivity index (χ3v) is 12.1. The van der Waals surface area contributed by atoms with Gasteiger partial charge in [0.1, 0.15) is 11.2 Å². The molecule has 4 aromatic heterocycles. The first-order valence-corrected chi connectivity index (χ1v) is 20.0. The van der Waals surface area contributed by atoms with Gasteiger partial charge in [-0.3, -0.25) is 0 Å². The van der Waals surface area contributed by atoms with Crippen LogP contribution in [-0.2, 0) is 0 Å². The van der Waals surface area contributed by atoms with Crippen LogP contribution in [0.3, 0.4) is 0 Å². The molecule has 0 bridgehead atoms. The maximum Gasteiger partial charge on any atom is 0.160 e. The monoisotopic (exact) mass is 752 g/mol. The van der Waals surface area contributed by atoms with Gasteiger partial charge < -0.3 is 13.6 Å². The number of para-hydroxylation sites is 3. The van der Waals surface area contributed by atoms with Gasteiger partial charge in [0.2, 0.25) is 0 Å². The molecule has 0 aliphatic heterocycles. The molecule has 9 aromatic carbocycles. The SMILES string of the molecule is c1ccc(-c2nc(-c3ccc(-n4c5ccc6oc7ccccc7c6c5c5ccc6c7ccccc7n(-c7cccc8ccccc78)c6c54)cc3)nc3ccccc23)cc1. The highest BCUT2D eigenvalue weighted by Gasteiger charge is 2.24. The summed E-state index contributed by atoms with van der Waals surface area (Å²) in [7, 11) is 0. The minimum Gasteiger partial charge on any atom is -0.456 e. The van der Waals surface area contributed by atoms with Crippen molar-refractivity contribution < 1.29 is 4.42 Å². The molecule has 0 spiro atoms. The van der Waals surface area contributed by atoms with E-state index in [0.717, 1.165) is 77.6 Å². The number of benzene rings is 9. The third kappa shape index (κ3) is 4.61. The van der Waals surface area contributed by atoms with E-state index in [1.165, 1.54) is 37.8 Å². The van der Waals surface area contributed by atoms with Crippen molar-refractivity contribution in [3.63, 3.8) is 0 Å². The van der Waals surface area contributed by atoms with E-state index in [-0.39, 0.29) is 0 Å². The second-order valence-electron chi connectivity index (χ2n) is 15.3. The van der Waals surface area contributed by atoms with E-state index < -0.39 is 0 Å². The first-order valence-electron chi connectivity index (χ1n) is 20.0. The van der Waals surface area contributed by atoms with Crippen LogP contribution in [0.2, 0.25) is 0 Å². The molecule has 4 heterocycles. The van der Waals surface area contributed by atoms with Gasteiger partial charge in [0.25, 0.3) is 0 Å². The Labute approximate surface area is 337 Å². The summed E-state index contributed by atoms with van der Waals surface area (Å²) in [6.07, 6.45) is 0. The van der Waals surface area contributed by atoms with Crippen molar-refractivity contribution in [3.05, 3.63) is 194 Å². The normalized spacial score (nSPS) is 12.1. The molecule has 0 amide bonds. The number of furan rings is 1. The van der Waals surface area contributed by atoms with Crippen LogP contribution in [-0.4, -0.2) is 19.1 Å². The van der Waals surface area contributed by atoms with Crippen LogP contribution in [0.4, 0.5) is 0 Å². The number of hydrogen-bond acceptors (Lipinski definition) is 3. The van der Waals surface area contributed by atoms with E-state index in [1.54, 1.807) is 0 Å². The Morgan fingerprint density at radius 2 is 1.07 bits per heavy atom. The fourth-order valence-electron chi connectivity index (χ4n) is 9.56. The van der Waals surface area contributed by atoms with Gasteiger partial charge in [-0.15, -0.1) is 0 Å². The second-order valence-corrected chi connectivity index (χ2v) is 15.3. The van der Waals surface area contributed by atoms with Gasteiger partial charge >= 0.3 is 0 Å². The number of nitrogens with zero attached hydrogens (tertiary/aromatic N) is 4. The summed E-state index contributed by atoms with van der Waals surface area (Å²) in [6, 6.07) is 68.9. The Bertz CT molecular complexity index is 3830. The summed E-state index contributed by atoms with van der Waals surface area (Å²) in [5, 5.41) is 10.4. The third-order valence-electron chi connectivity index (χ3n) is 12.1. The Kier molecular flexibility index (Phi) is 6.66. The summed E-state index contributed by atoms with van der Waals surface area (Å²) in [5.41, 5.74) is 12.4. The highest BCUT2D eigenvalue weighted by molar-refractivity contribution is 6.31. The van der Waals surface area contributed by atoms with E-state index in [2.05, 4.69) is 185 Å². The molecule has 274 valence electrons. The Balaban J connectivity index is 1.14. The predicted octanol–water partition coefficient (Wildman–Crippen LogP) is 14.2. The lowest BCUT2D eigenvalue weighted by Gasteiger charge is -2.15. The zero-order chi connectivity index (χ0) is 38.6. The first kappa shape index (κ1) is 32.1. The average Bonchev–Trinajstić information content (AvgIpc) is 3.96. The summed E-state index contributed by atoms with van der Waals surface area (Å²) in [5.74, 6) is 0.696. The van der Waals surface area contributed by atoms with Crippen LogP contribution in [0.1, 0.15) is 0 Å². The van der Waals surface area contributed by atoms with E-state index in [9.17, 15) is 0 Å². The topological polar surface area (TPSA) is 48.8 Å². The minimum atomic E-state index is 0.696. The van der Waals surface area contributed by atoms with Crippen LogP contribution in [0.15, 0.2) is 199 Å². The molecule has 0 N–H and O–H groups in total. The Morgan fingerprint density at radius 1 is 0.373 bits per heavy atom. The molecular formula is C54H32N4O. The van der Waals surface area contributed by atoms with E-state index >= 15 is 0 Å². The van der Waals surface area contributed by atoms with Crippen molar-refractivity contribution in [2.75, 3.05) is 0 Å². The van der Waals surface area contributed by atoms with Gasteiger partial charge in [-0.2, -0.15) is 0 Å². The van der Waals surface area contributed by atoms with Gasteiger partial charge in [-0.05, 0) is 66.0 Å². The maximum absolute atomic E-state index is 6.51. The number of rotatable bonds is 4. The average molecular weight is 753 g/mol. The standard InChI is InChI=1S/C54H32N4O/c1-2-14-34(15-3-1)51-40-19-6-9-21-43(40)55-54(56-51)35-25-27-36(28-26-35)57-46-31-32-48-50(41-20-8-11-24-47(41)59-48)49(46)42-30-29-39-38-18-7-10-22-45(38)58(52(39)53(42)57)44-23-12-16-33-13-4-5-17-37(33)44/h1-32H. The predicted molar refractivity (Wildman–Crippen MR) is 244 cm³/mol. The first-order chi connectivity index (χ1) is 29.3. The molecular weight excluding hydrogens is 721 g/mol. The summed E-state index contributed by atoms with van der Waals surface area (Å²) in [4.78, 5) is 10.3. The molecule has 0 unspecified atom stereocenters. The molecule has 5 heteroatoms. The van der Waals surface area contributed by atoms with Crippen molar-refractivity contribution >= 4 is 87.2 Å². The van der Waals surface area contributed by atoms with Crippen molar-refractivity contribution in [3.8, 4) is 34.0 Å². The van der Waals surface area contributed by atoms with Gasteiger partial charge in [0.05, 0.1) is 39.0 Å². The zero-order valence-corrected chi connectivity index (χ0v) is 31.7. The largest absolute Gasteiger partial charge is 0.456 e. The molecule has 5 nitrogen and oxygen atoms in total. The number of aromatic nitrogens is 4. The highest BCUT2D eigenvalue weighted by Crippen LogP contribution is 2.46. The van der Waals surface area contributed by atoms with Crippen LogP contribution in [0.25, 0.3) is 121 Å². The Morgan fingerprint density at radius 3 is 1.95 bits per heavy atom. The molecule has 0 atom stereocenters. The van der Waals surface area contributed by atoms with Crippen LogP contribution < -0.4 is 0 Å². The second kappa shape index (κ2) is 12.2. The van der Waals surface area contributed by atoms with E-state index in [1.807, 2.05) is 18.2 Å². The minimum absolute atomic E-state index is 0.696. The quantitative estimate of drug-likeness (QED) is 0.180. The van der Waals surface area contributed by atoms with Gasteiger partial charge in [0.15, 0.2) is 5.82 Å². The molecule has 0 aliphatic rings. The lowest BCUT2D eigenvalue weighted by molar-refractivity contribution is 0.669. The van der Waals surface area contributed by atoms with Gasteiger partial charge in [-0.25, -0.2) is 9.97 Å². The van der Waals surface area contributed by atoms with E-state index in [0.29, 0.717) is 5.82 Å². The van der Waals surface area contributed by atoms with Crippen LogP contribution in [0, 0.1) is 0 Å².